The fraction of sp³-hybridized carbons (Fsp3) is 0.500. The molecule has 0 aromatic carbocycles. The number of carbonyl (C=O) groups is 1. The summed E-state index contributed by atoms with van der Waals surface area (Å²) in [4.78, 5) is 14.5. The van der Waals surface area contributed by atoms with Gasteiger partial charge >= 0.3 is 0 Å². The zero-order chi connectivity index (χ0) is 15.6. The fourth-order valence-corrected chi connectivity index (χ4v) is 2.40. The van der Waals surface area contributed by atoms with E-state index < -0.39 is 5.54 Å². The second-order valence-electron chi connectivity index (χ2n) is 5.62. The SMILES string of the molecule is CCN(CC)C(=O)C(C)(C)n1cc(C)c(-c2ccco2)n1. The molecule has 0 unspecified atom stereocenters. The Morgan fingerprint density at radius 2 is 2.05 bits per heavy atom. The minimum atomic E-state index is -0.721. The number of amides is 1. The molecule has 0 aliphatic carbocycles. The molecule has 0 bridgehead atoms. The molecular weight excluding hydrogens is 266 g/mol. The molecule has 0 saturated heterocycles. The van der Waals surface area contributed by atoms with Crippen LogP contribution in [0.4, 0.5) is 0 Å². The van der Waals surface area contributed by atoms with Gasteiger partial charge in [-0.05, 0) is 52.3 Å². The van der Waals surface area contributed by atoms with E-state index in [9.17, 15) is 4.79 Å². The molecule has 0 N–H and O–H groups in total. The third-order valence-corrected chi connectivity index (χ3v) is 3.80. The number of aryl methyl sites for hydroxylation is 1. The highest BCUT2D eigenvalue weighted by Crippen LogP contribution is 2.26. The van der Waals surface area contributed by atoms with Crippen LogP contribution in [0.15, 0.2) is 29.0 Å². The number of furan rings is 1. The smallest absolute Gasteiger partial charge is 0.249 e. The van der Waals surface area contributed by atoms with Gasteiger partial charge in [-0.1, -0.05) is 0 Å². The molecule has 5 nitrogen and oxygen atoms in total. The first-order valence-electron chi connectivity index (χ1n) is 7.31. The number of aromatic nitrogens is 2. The van der Waals surface area contributed by atoms with Crippen molar-refractivity contribution in [3.8, 4) is 11.5 Å². The normalized spacial score (nSPS) is 11.7. The van der Waals surface area contributed by atoms with Gasteiger partial charge in [0.15, 0.2) is 5.76 Å². The predicted molar refractivity (Wildman–Crippen MR) is 81.9 cm³/mol. The molecule has 2 rings (SSSR count). The van der Waals surface area contributed by atoms with Gasteiger partial charge in [0, 0.05) is 19.3 Å². The second kappa shape index (κ2) is 5.76. The van der Waals surface area contributed by atoms with Gasteiger partial charge in [-0.2, -0.15) is 5.10 Å². The first kappa shape index (κ1) is 15.4. The third kappa shape index (κ3) is 2.73. The Labute approximate surface area is 125 Å². The van der Waals surface area contributed by atoms with Crippen LogP contribution in [0.1, 0.15) is 33.3 Å². The van der Waals surface area contributed by atoms with E-state index in [0.29, 0.717) is 13.1 Å². The van der Waals surface area contributed by atoms with Crippen LogP contribution in [-0.2, 0) is 10.3 Å². The second-order valence-corrected chi connectivity index (χ2v) is 5.62. The Morgan fingerprint density at radius 1 is 1.38 bits per heavy atom. The van der Waals surface area contributed by atoms with Crippen LogP contribution in [0, 0.1) is 6.92 Å². The maximum Gasteiger partial charge on any atom is 0.249 e. The highest BCUT2D eigenvalue weighted by Gasteiger charge is 2.34. The van der Waals surface area contributed by atoms with Crippen LogP contribution in [-0.4, -0.2) is 33.7 Å². The van der Waals surface area contributed by atoms with E-state index in [1.807, 2.05) is 57.8 Å². The van der Waals surface area contributed by atoms with Crippen molar-refractivity contribution in [2.45, 2.75) is 40.2 Å². The van der Waals surface area contributed by atoms with Gasteiger partial charge in [-0.15, -0.1) is 0 Å². The molecule has 2 heterocycles. The minimum Gasteiger partial charge on any atom is -0.463 e. The number of hydrogen-bond donors (Lipinski definition) is 0. The van der Waals surface area contributed by atoms with Crippen molar-refractivity contribution in [1.29, 1.82) is 0 Å². The lowest BCUT2D eigenvalue weighted by Gasteiger charge is -2.30. The van der Waals surface area contributed by atoms with Crippen LogP contribution in [0.5, 0.6) is 0 Å². The average molecular weight is 289 g/mol. The zero-order valence-corrected chi connectivity index (χ0v) is 13.4. The summed E-state index contributed by atoms with van der Waals surface area (Å²) < 4.78 is 7.14. The van der Waals surface area contributed by atoms with E-state index in [2.05, 4.69) is 5.10 Å². The topological polar surface area (TPSA) is 51.3 Å². The lowest BCUT2D eigenvalue weighted by Crippen LogP contribution is -2.47. The lowest BCUT2D eigenvalue weighted by atomic mass is 10.0. The first-order chi connectivity index (χ1) is 9.91. The Balaban J connectivity index is 2.37. The first-order valence-corrected chi connectivity index (χ1v) is 7.31. The van der Waals surface area contributed by atoms with Gasteiger partial charge in [0.25, 0.3) is 0 Å². The van der Waals surface area contributed by atoms with Crippen LogP contribution in [0.2, 0.25) is 0 Å². The third-order valence-electron chi connectivity index (χ3n) is 3.80. The van der Waals surface area contributed by atoms with Gasteiger partial charge in [0.2, 0.25) is 5.91 Å². The van der Waals surface area contributed by atoms with Crippen molar-refractivity contribution in [2.75, 3.05) is 13.1 Å². The molecule has 5 heteroatoms. The molecule has 0 aliphatic rings. The molecule has 21 heavy (non-hydrogen) atoms. The van der Waals surface area contributed by atoms with Gasteiger partial charge in [0.1, 0.15) is 11.2 Å². The predicted octanol–water partition coefficient (Wildman–Crippen LogP) is 3.06. The molecule has 114 valence electrons. The van der Waals surface area contributed by atoms with Gasteiger partial charge in [-0.25, -0.2) is 0 Å². The van der Waals surface area contributed by atoms with Crippen molar-refractivity contribution in [3.05, 3.63) is 30.2 Å². The number of hydrogen-bond acceptors (Lipinski definition) is 3. The van der Waals surface area contributed by atoms with Crippen LogP contribution >= 0.6 is 0 Å². The minimum absolute atomic E-state index is 0.0704. The summed E-state index contributed by atoms with van der Waals surface area (Å²) in [6.45, 7) is 11.1. The number of rotatable bonds is 5. The Kier molecular flexibility index (Phi) is 4.21. The van der Waals surface area contributed by atoms with Gasteiger partial charge in [-0.3, -0.25) is 9.48 Å². The molecule has 0 fully saturated rings. The van der Waals surface area contributed by atoms with Gasteiger partial charge in [0.05, 0.1) is 6.26 Å². The summed E-state index contributed by atoms with van der Waals surface area (Å²) in [5.74, 6) is 0.790. The van der Waals surface area contributed by atoms with E-state index in [4.69, 9.17) is 4.42 Å². The Morgan fingerprint density at radius 3 is 2.57 bits per heavy atom. The van der Waals surface area contributed by atoms with Crippen LogP contribution in [0.3, 0.4) is 0 Å². The molecule has 2 aromatic rings. The van der Waals surface area contributed by atoms with Crippen molar-refractivity contribution in [3.63, 3.8) is 0 Å². The standard InChI is InChI=1S/C16H23N3O2/c1-6-18(7-2)15(20)16(4,5)19-11-12(3)14(17-19)13-9-8-10-21-13/h8-11H,6-7H2,1-5H3. The van der Waals surface area contributed by atoms with E-state index in [-0.39, 0.29) is 5.91 Å². The summed E-state index contributed by atoms with van der Waals surface area (Å²) in [6.07, 6.45) is 3.53. The van der Waals surface area contributed by atoms with Crippen molar-refractivity contribution >= 4 is 5.91 Å². The summed E-state index contributed by atoms with van der Waals surface area (Å²) in [7, 11) is 0. The molecule has 0 spiro atoms. The molecular formula is C16H23N3O2. The van der Waals surface area contributed by atoms with Crippen molar-refractivity contribution < 1.29 is 9.21 Å². The number of likely N-dealkylation sites (N-methyl/N-ethyl adjacent to an activating group) is 1. The summed E-state index contributed by atoms with van der Waals surface area (Å²) >= 11 is 0. The summed E-state index contributed by atoms with van der Waals surface area (Å²) in [5, 5.41) is 4.57. The van der Waals surface area contributed by atoms with Crippen molar-refractivity contribution in [1.82, 2.24) is 14.7 Å². The Bertz CT molecular complexity index is 608. The quantitative estimate of drug-likeness (QED) is 0.850. The highest BCUT2D eigenvalue weighted by atomic mass is 16.3. The molecule has 0 saturated carbocycles. The van der Waals surface area contributed by atoms with E-state index in [0.717, 1.165) is 17.0 Å². The molecule has 0 radical (unpaired) electrons. The molecule has 2 aromatic heterocycles. The van der Waals surface area contributed by atoms with E-state index in [1.165, 1.54) is 0 Å². The van der Waals surface area contributed by atoms with E-state index >= 15 is 0 Å². The monoisotopic (exact) mass is 289 g/mol. The highest BCUT2D eigenvalue weighted by molar-refractivity contribution is 5.83. The van der Waals surface area contributed by atoms with Crippen LogP contribution in [0.25, 0.3) is 11.5 Å². The summed E-state index contributed by atoms with van der Waals surface area (Å²) in [5.41, 5.74) is 1.05. The maximum atomic E-state index is 12.7. The Hall–Kier alpha value is -2.04. The maximum absolute atomic E-state index is 12.7. The number of nitrogens with zero attached hydrogens (tertiary/aromatic N) is 3. The molecule has 0 atom stereocenters. The molecule has 0 aliphatic heterocycles. The largest absolute Gasteiger partial charge is 0.463 e. The lowest BCUT2D eigenvalue weighted by molar-refractivity contribution is -0.139. The van der Waals surface area contributed by atoms with Gasteiger partial charge < -0.3 is 9.32 Å². The van der Waals surface area contributed by atoms with Crippen molar-refractivity contribution in [2.24, 2.45) is 0 Å². The fourth-order valence-electron chi connectivity index (χ4n) is 2.40. The zero-order valence-electron chi connectivity index (χ0n) is 13.4. The van der Waals surface area contributed by atoms with Crippen LogP contribution < -0.4 is 0 Å². The average Bonchev–Trinajstić information content (AvgIpc) is 3.08. The van der Waals surface area contributed by atoms with E-state index in [1.54, 1.807) is 10.9 Å². The molecule has 1 amide bonds. The summed E-state index contributed by atoms with van der Waals surface area (Å²) in [6, 6.07) is 3.71. The number of carbonyl (C=O) groups excluding carboxylic acids is 1.